The van der Waals surface area contributed by atoms with Gasteiger partial charge in [0.2, 0.25) is 0 Å². The van der Waals surface area contributed by atoms with Gasteiger partial charge in [-0.2, -0.15) is 0 Å². The molecule has 0 saturated carbocycles. The second-order valence-corrected chi connectivity index (χ2v) is 4.58. The van der Waals surface area contributed by atoms with Gasteiger partial charge >= 0.3 is 0 Å². The van der Waals surface area contributed by atoms with Gasteiger partial charge in [0.1, 0.15) is 12.4 Å². The first-order chi connectivity index (χ1) is 8.78. The molecule has 1 aromatic rings. The highest BCUT2D eigenvalue weighted by Crippen LogP contribution is 2.18. The van der Waals surface area contributed by atoms with Crippen LogP contribution in [0.25, 0.3) is 0 Å². The molecule has 0 aromatic heterocycles. The van der Waals surface area contributed by atoms with Crippen LogP contribution in [0, 0.1) is 0 Å². The molecule has 1 atom stereocenters. The maximum atomic E-state index is 5.67. The molecule has 1 aliphatic rings. The van der Waals surface area contributed by atoms with E-state index >= 15 is 0 Å². The molecule has 4 nitrogen and oxygen atoms in total. The number of anilines is 1. The van der Waals surface area contributed by atoms with Gasteiger partial charge in [-0.15, -0.1) is 0 Å². The van der Waals surface area contributed by atoms with Gasteiger partial charge in [-0.25, -0.2) is 0 Å². The summed E-state index contributed by atoms with van der Waals surface area (Å²) in [4.78, 5) is 0. The minimum Gasteiger partial charge on any atom is -0.491 e. The molecule has 5 heteroatoms. The average Bonchev–Trinajstić information content (AvgIpc) is 2.91. The summed E-state index contributed by atoms with van der Waals surface area (Å²) in [6.07, 6.45) is 2.48. The van der Waals surface area contributed by atoms with E-state index in [2.05, 4.69) is 10.6 Å². The number of thiocarbonyl (C=S) groups is 1. The molecule has 1 aliphatic heterocycles. The molecule has 0 radical (unpaired) electrons. The number of hydrogen-bond donors (Lipinski definition) is 2. The van der Waals surface area contributed by atoms with Crippen LogP contribution in [0.4, 0.5) is 5.69 Å². The summed E-state index contributed by atoms with van der Waals surface area (Å²) in [5.74, 6) is 0.853. The first-order valence-corrected chi connectivity index (χ1v) is 6.52. The molecule has 1 fully saturated rings. The van der Waals surface area contributed by atoms with Crippen molar-refractivity contribution in [2.75, 3.05) is 25.6 Å². The summed E-state index contributed by atoms with van der Waals surface area (Å²) in [6.45, 7) is 1.49. The van der Waals surface area contributed by atoms with E-state index in [1.54, 1.807) is 7.05 Å². The van der Waals surface area contributed by atoms with Gasteiger partial charge in [-0.1, -0.05) is 0 Å². The zero-order chi connectivity index (χ0) is 12.8. The SMILES string of the molecule is CNC(=S)Nc1ccc(OCC2CCCO2)cc1. The lowest BCUT2D eigenvalue weighted by molar-refractivity contribution is 0.0679. The van der Waals surface area contributed by atoms with Crippen LogP contribution in [-0.2, 0) is 4.74 Å². The van der Waals surface area contributed by atoms with E-state index in [1.165, 1.54) is 0 Å². The van der Waals surface area contributed by atoms with Crippen LogP contribution in [0.15, 0.2) is 24.3 Å². The molecule has 0 aliphatic carbocycles. The van der Waals surface area contributed by atoms with E-state index in [0.29, 0.717) is 11.7 Å². The Labute approximate surface area is 113 Å². The van der Waals surface area contributed by atoms with Crippen LogP contribution in [-0.4, -0.2) is 31.5 Å². The van der Waals surface area contributed by atoms with Gasteiger partial charge in [0.15, 0.2) is 5.11 Å². The first-order valence-electron chi connectivity index (χ1n) is 6.11. The summed E-state index contributed by atoms with van der Waals surface area (Å²) in [7, 11) is 1.79. The minimum absolute atomic E-state index is 0.250. The molecule has 0 spiro atoms. The quantitative estimate of drug-likeness (QED) is 0.818. The summed E-state index contributed by atoms with van der Waals surface area (Å²) in [5.41, 5.74) is 0.943. The summed E-state index contributed by atoms with van der Waals surface area (Å²) in [5, 5.41) is 6.52. The lowest BCUT2D eigenvalue weighted by atomic mass is 10.2. The minimum atomic E-state index is 0.250. The van der Waals surface area contributed by atoms with Crippen molar-refractivity contribution in [3.63, 3.8) is 0 Å². The van der Waals surface area contributed by atoms with Crippen molar-refractivity contribution in [3.8, 4) is 5.75 Å². The van der Waals surface area contributed by atoms with Gasteiger partial charge in [-0.05, 0) is 49.3 Å². The molecule has 98 valence electrons. The molecule has 18 heavy (non-hydrogen) atoms. The third kappa shape index (κ3) is 3.85. The Balaban J connectivity index is 1.81. The largest absolute Gasteiger partial charge is 0.491 e. The average molecular weight is 266 g/mol. The predicted octanol–water partition coefficient (Wildman–Crippen LogP) is 2.16. The lowest BCUT2D eigenvalue weighted by Gasteiger charge is -2.12. The number of ether oxygens (including phenoxy) is 2. The highest BCUT2D eigenvalue weighted by molar-refractivity contribution is 7.80. The Morgan fingerprint density at radius 2 is 2.22 bits per heavy atom. The smallest absolute Gasteiger partial charge is 0.170 e. The van der Waals surface area contributed by atoms with E-state index in [1.807, 2.05) is 24.3 Å². The molecule has 1 heterocycles. The van der Waals surface area contributed by atoms with Crippen molar-refractivity contribution < 1.29 is 9.47 Å². The van der Waals surface area contributed by atoms with Crippen LogP contribution >= 0.6 is 12.2 Å². The lowest BCUT2D eigenvalue weighted by Crippen LogP contribution is -2.24. The van der Waals surface area contributed by atoms with E-state index in [9.17, 15) is 0 Å². The molecule has 2 rings (SSSR count). The molecule has 1 unspecified atom stereocenters. The molecule has 0 amide bonds. The monoisotopic (exact) mass is 266 g/mol. The van der Waals surface area contributed by atoms with E-state index < -0.39 is 0 Å². The van der Waals surface area contributed by atoms with E-state index in [-0.39, 0.29) is 6.10 Å². The maximum absolute atomic E-state index is 5.67. The number of rotatable bonds is 4. The fraction of sp³-hybridized carbons (Fsp3) is 0.462. The highest BCUT2D eigenvalue weighted by Gasteiger charge is 2.15. The van der Waals surface area contributed by atoms with Crippen molar-refractivity contribution in [3.05, 3.63) is 24.3 Å². The van der Waals surface area contributed by atoms with Crippen molar-refractivity contribution in [1.29, 1.82) is 0 Å². The Hall–Kier alpha value is -1.33. The van der Waals surface area contributed by atoms with Gasteiger partial charge < -0.3 is 20.1 Å². The highest BCUT2D eigenvalue weighted by atomic mass is 32.1. The van der Waals surface area contributed by atoms with Crippen molar-refractivity contribution >= 4 is 23.0 Å². The maximum Gasteiger partial charge on any atom is 0.170 e. The van der Waals surface area contributed by atoms with E-state index in [0.717, 1.165) is 30.9 Å². The summed E-state index contributed by atoms with van der Waals surface area (Å²) >= 11 is 5.02. The second-order valence-electron chi connectivity index (χ2n) is 4.17. The standard InChI is InChI=1S/C13H18N2O2S/c1-14-13(18)15-10-4-6-11(7-5-10)17-9-12-3-2-8-16-12/h4-7,12H,2-3,8-9H2,1H3,(H2,14,15,18). The zero-order valence-electron chi connectivity index (χ0n) is 10.4. The molecule has 2 N–H and O–H groups in total. The normalized spacial score (nSPS) is 18.4. The fourth-order valence-electron chi connectivity index (χ4n) is 1.79. The first kappa shape index (κ1) is 13.1. The summed E-state index contributed by atoms with van der Waals surface area (Å²) in [6, 6.07) is 7.73. The van der Waals surface area contributed by atoms with E-state index in [4.69, 9.17) is 21.7 Å². The molecule has 0 bridgehead atoms. The topological polar surface area (TPSA) is 42.5 Å². The van der Waals surface area contributed by atoms with Gasteiger partial charge in [0.25, 0.3) is 0 Å². The predicted molar refractivity (Wildman–Crippen MR) is 76.2 cm³/mol. The van der Waals surface area contributed by atoms with Crippen LogP contribution < -0.4 is 15.4 Å². The number of benzene rings is 1. The Kier molecular flexibility index (Phi) is 4.78. The molecule has 1 aromatic carbocycles. The van der Waals surface area contributed by atoms with Crippen LogP contribution in [0.3, 0.4) is 0 Å². The van der Waals surface area contributed by atoms with Crippen molar-refractivity contribution in [2.45, 2.75) is 18.9 Å². The summed E-state index contributed by atoms with van der Waals surface area (Å²) < 4.78 is 11.2. The fourth-order valence-corrected chi connectivity index (χ4v) is 1.91. The molecular formula is C13H18N2O2S. The molecular weight excluding hydrogens is 248 g/mol. The number of nitrogens with one attached hydrogen (secondary N) is 2. The zero-order valence-corrected chi connectivity index (χ0v) is 11.3. The van der Waals surface area contributed by atoms with Crippen molar-refractivity contribution in [1.82, 2.24) is 5.32 Å². The van der Waals surface area contributed by atoms with Crippen molar-refractivity contribution in [2.24, 2.45) is 0 Å². The third-order valence-corrected chi connectivity index (χ3v) is 3.11. The Morgan fingerprint density at radius 3 is 2.83 bits per heavy atom. The third-order valence-electron chi connectivity index (χ3n) is 2.80. The van der Waals surface area contributed by atoms with Gasteiger partial charge in [0, 0.05) is 19.3 Å². The van der Waals surface area contributed by atoms with Gasteiger partial charge in [0.05, 0.1) is 6.10 Å². The van der Waals surface area contributed by atoms with Gasteiger partial charge in [-0.3, -0.25) is 0 Å². The second kappa shape index (κ2) is 6.56. The van der Waals surface area contributed by atoms with Crippen LogP contribution in [0.2, 0.25) is 0 Å². The van der Waals surface area contributed by atoms with Crippen LogP contribution in [0.1, 0.15) is 12.8 Å². The van der Waals surface area contributed by atoms with Crippen LogP contribution in [0.5, 0.6) is 5.75 Å². The Morgan fingerprint density at radius 1 is 1.44 bits per heavy atom. The molecule has 1 saturated heterocycles. The number of hydrogen-bond acceptors (Lipinski definition) is 3. The Bertz CT molecular complexity index is 388.